The fourth-order valence-electron chi connectivity index (χ4n) is 3.24. The van der Waals surface area contributed by atoms with Crippen LogP contribution < -0.4 is 9.46 Å². The summed E-state index contributed by atoms with van der Waals surface area (Å²) in [6, 6.07) is 17.9. The summed E-state index contributed by atoms with van der Waals surface area (Å²) in [4.78, 5) is 21.0. The number of amides is 1. The lowest BCUT2D eigenvalue weighted by atomic mass is 10.2. The van der Waals surface area contributed by atoms with Crippen LogP contribution in [0.25, 0.3) is 6.08 Å². The van der Waals surface area contributed by atoms with Gasteiger partial charge in [-0.25, -0.2) is 8.42 Å². The molecule has 9 heteroatoms. The molecular formula is C26H25N3O4S2. The van der Waals surface area contributed by atoms with Crippen LogP contribution in [-0.2, 0) is 27.7 Å². The highest BCUT2D eigenvalue weighted by Crippen LogP contribution is 2.29. The molecule has 4 rings (SSSR count). The highest BCUT2D eigenvalue weighted by atomic mass is 32.2. The maximum atomic E-state index is 12.6. The van der Waals surface area contributed by atoms with Crippen LogP contribution in [0.4, 0.5) is 0 Å². The molecule has 0 radical (unpaired) electrons. The molecule has 0 saturated heterocycles. The van der Waals surface area contributed by atoms with Gasteiger partial charge in [0.1, 0.15) is 5.75 Å². The van der Waals surface area contributed by atoms with E-state index >= 15 is 0 Å². The van der Waals surface area contributed by atoms with E-state index in [1.54, 1.807) is 18.2 Å². The molecule has 180 valence electrons. The van der Waals surface area contributed by atoms with Gasteiger partial charge < -0.3 is 4.74 Å². The van der Waals surface area contributed by atoms with Crippen LogP contribution in [0.2, 0.25) is 0 Å². The number of benzene rings is 2. The van der Waals surface area contributed by atoms with Crippen molar-refractivity contribution in [3.05, 3.63) is 94.1 Å². The van der Waals surface area contributed by atoms with Gasteiger partial charge in [-0.05, 0) is 72.6 Å². The maximum Gasteiger partial charge on any atom is 0.286 e. The van der Waals surface area contributed by atoms with E-state index in [1.165, 1.54) is 17.7 Å². The summed E-state index contributed by atoms with van der Waals surface area (Å²) in [6.07, 6.45) is 5.24. The SMILES string of the molecule is CCc1ccc(CCOc2ccc(/C=C3\SC(NS(=O)(=O)c4ccc(C)cc4)=NC3=O)cc2)nc1. The molecule has 0 aliphatic carbocycles. The molecule has 1 aromatic heterocycles. The highest BCUT2D eigenvalue weighted by Gasteiger charge is 2.26. The van der Waals surface area contributed by atoms with Crippen molar-refractivity contribution < 1.29 is 17.9 Å². The Kier molecular flexibility index (Phi) is 7.67. The van der Waals surface area contributed by atoms with E-state index in [9.17, 15) is 13.2 Å². The Morgan fingerprint density at radius 2 is 1.77 bits per heavy atom. The topological polar surface area (TPSA) is 97.7 Å². The zero-order valence-corrected chi connectivity index (χ0v) is 21.0. The lowest BCUT2D eigenvalue weighted by Gasteiger charge is -2.07. The van der Waals surface area contributed by atoms with Crippen LogP contribution in [0.3, 0.4) is 0 Å². The minimum absolute atomic E-state index is 0.0300. The molecule has 0 saturated carbocycles. The average molecular weight is 508 g/mol. The molecule has 0 spiro atoms. The quantitative estimate of drug-likeness (QED) is 0.450. The first-order chi connectivity index (χ1) is 16.8. The predicted molar refractivity (Wildman–Crippen MR) is 139 cm³/mol. The van der Waals surface area contributed by atoms with Crippen molar-refractivity contribution in [2.75, 3.05) is 6.61 Å². The van der Waals surface area contributed by atoms with Gasteiger partial charge in [0.05, 0.1) is 16.4 Å². The number of ether oxygens (including phenoxy) is 1. The van der Waals surface area contributed by atoms with Crippen molar-refractivity contribution >= 4 is 38.9 Å². The molecule has 2 aromatic carbocycles. The number of rotatable bonds is 8. The average Bonchev–Trinajstić information content (AvgIpc) is 3.18. The molecule has 2 heterocycles. The Morgan fingerprint density at radius 3 is 2.43 bits per heavy atom. The summed E-state index contributed by atoms with van der Waals surface area (Å²) in [5, 5.41) is 0.0300. The fraction of sp³-hybridized carbons (Fsp3) is 0.192. The number of aliphatic imine (C=N–C) groups is 1. The Bertz CT molecular complexity index is 1360. The van der Waals surface area contributed by atoms with Crippen molar-refractivity contribution in [1.82, 2.24) is 9.71 Å². The normalized spacial score (nSPS) is 14.7. The van der Waals surface area contributed by atoms with Gasteiger partial charge in [0, 0.05) is 18.3 Å². The number of nitrogens with zero attached hydrogens (tertiary/aromatic N) is 2. The number of thioether (sulfide) groups is 1. The molecule has 0 bridgehead atoms. The lowest BCUT2D eigenvalue weighted by Crippen LogP contribution is -2.27. The molecule has 1 amide bonds. The molecule has 0 unspecified atom stereocenters. The molecule has 3 aromatic rings. The van der Waals surface area contributed by atoms with Gasteiger partial charge in [0.15, 0.2) is 5.17 Å². The summed E-state index contributed by atoms with van der Waals surface area (Å²) >= 11 is 0.990. The van der Waals surface area contributed by atoms with Crippen LogP contribution in [0.1, 0.15) is 29.3 Å². The zero-order valence-electron chi connectivity index (χ0n) is 19.4. The van der Waals surface area contributed by atoms with E-state index in [2.05, 4.69) is 27.7 Å². The first kappa shape index (κ1) is 24.7. The van der Waals surface area contributed by atoms with E-state index < -0.39 is 15.9 Å². The third kappa shape index (κ3) is 6.58. The lowest BCUT2D eigenvalue weighted by molar-refractivity contribution is -0.113. The van der Waals surface area contributed by atoms with E-state index in [0.29, 0.717) is 23.7 Å². The van der Waals surface area contributed by atoms with Crippen LogP contribution >= 0.6 is 11.8 Å². The first-order valence-corrected chi connectivity index (χ1v) is 13.4. The number of aryl methyl sites for hydroxylation is 2. The van der Waals surface area contributed by atoms with Gasteiger partial charge in [-0.15, -0.1) is 0 Å². The van der Waals surface area contributed by atoms with Crippen molar-refractivity contribution in [3.63, 3.8) is 0 Å². The number of aromatic nitrogens is 1. The van der Waals surface area contributed by atoms with Crippen LogP contribution in [-0.4, -0.2) is 31.1 Å². The van der Waals surface area contributed by atoms with Gasteiger partial charge in [0.25, 0.3) is 15.9 Å². The minimum Gasteiger partial charge on any atom is -0.493 e. The summed E-state index contributed by atoms with van der Waals surface area (Å²) in [5.41, 5.74) is 3.92. The number of sulfonamides is 1. The number of amidine groups is 1. The number of carbonyl (C=O) groups is 1. The van der Waals surface area contributed by atoms with Gasteiger partial charge >= 0.3 is 0 Å². The molecule has 1 aliphatic heterocycles. The van der Waals surface area contributed by atoms with E-state index in [1.807, 2.05) is 43.5 Å². The molecular weight excluding hydrogens is 482 g/mol. The summed E-state index contributed by atoms with van der Waals surface area (Å²) in [7, 11) is -3.82. The summed E-state index contributed by atoms with van der Waals surface area (Å²) in [5.74, 6) is 0.226. The number of carbonyl (C=O) groups excluding carboxylic acids is 1. The summed E-state index contributed by atoms with van der Waals surface area (Å²) < 4.78 is 33.3. The smallest absolute Gasteiger partial charge is 0.286 e. The second-order valence-corrected chi connectivity index (χ2v) is 10.6. The van der Waals surface area contributed by atoms with Crippen LogP contribution in [0, 0.1) is 6.92 Å². The van der Waals surface area contributed by atoms with Crippen molar-refractivity contribution in [3.8, 4) is 5.75 Å². The molecule has 0 atom stereocenters. The monoisotopic (exact) mass is 507 g/mol. The third-order valence-electron chi connectivity index (χ3n) is 5.27. The van der Waals surface area contributed by atoms with Crippen molar-refractivity contribution in [1.29, 1.82) is 0 Å². The molecule has 35 heavy (non-hydrogen) atoms. The van der Waals surface area contributed by atoms with Gasteiger partial charge in [-0.1, -0.05) is 42.8 Å². The number of pyridine rings is 1. The Hall–Kier alpha value is -3.43. The Morgan fingerprint density at radius 1 is 1.03 bits per heavy atom. The third-order valence-corrected chi connectivity index (χ3v) is 7.66. The zero-order chi connectivity index (χ0) is 24.8. The van der Waals surface area contributed by atoms with Crippen molar-refractivity contribution in [2.45, 2.75) is 31.6 Å². The minimum atomic E-state index is -3.82. The highest BCUT2D eigenvalue weighted by molar-refractivity contribution is 8.19. The Labute approximate surface area is 209 Å². The van der Waals surface area contributed by atoms with Gasteiger partial charge in [0.2, 0.25) is 0 Å². The van der Waals surface area contributed by atoms with Gasteiger partial charge in [-0.2, -0.15) is 4.99 Å². The maximum absolute atomic E-state index is 12.6. The molecule has 1 aliphatic rings. The van der Waals surface area contributed by atoms with E-state index in [4.69, 9.17) is 4.74 Å². The van der Waals surface area contributed by atoms with Crippen LogP contribution in [0.15, 0.2) is 81.7 Å². The predicted octanol–water partition coefficient (Wildman–Crippen LogP) is 4.52. The number of hydrogen-bond acceptors (Lipinski definition) is 6. The molecule has 1 N–H and O–H groups in total. The van der Waals surface area contributed by atoms with Crippen LogP contribution in [0.5, 0.6) is 5.75 Å². The largest absolute Gasteiger partial charge is 0.493 e. The fourth-order valence-corrected chi connectivity index (χ4v) is 5.29. The number of hydrogen-bond donors (Lipinski definition) is 1. The summed E-state index contributed by atoms with van der Waals surface area (Å²) in [6.45, 7) is 4.48. The number of nitrogens with one attached hydrogen (secondary N) is 1. The van der Waals surface area contributed by atoms with E-state index in [-0.39, 0.29) is 10.1 Å². The second-order valence-electron chi connectivity index (χ2n) is 7.93. The van der Waals surface area contributed by atoms with Gasteiger partial charge in [-0.3, -0.25) is 14.5 Å². The Balaban J connectivity index is 1.32. The van der Waals surface area contributed by atoms with Crippen molar-refractivity contribution in [2.24, 2.45) is 4.99 Å². The van der Waals surface area contributed by atoms with E-state index in [0.717, 1.165) is 35.0 Å². The molecule has 7 nitrogen and oxygen atoms in total. The second kappa shape index (κ2) is 10.9. The standard InChI is InChI=1S/C26H25N3O4S2/c1-3-19-6-9-21(27-17-19)14-15-33-22-10-7-20(8-11-22)16-24-25(30)28-26(34-24)29-35(31,32)23-12-4-18(2)5-13-23/h4-13,16-17H,3,14-15H2,1-2H3,(H,28,29,30)/b24-16-. The first-order valence-electron chi connectivity index (χ1n) is 11.1. The molecule has 0 fully saturated rings.